The fraction of sp³-hybridized carbons (Fsp3) is 0.333. The molecule has 1 amide bonds. The van der Waals surface area contributed by atoms with Crippen molar-refractivity contribution in [2.45, 2.75) is 18.9 Å². The van der Waals surface area contributed by atoms with Crippen molar-refractivity contribution in [2.24, 2.45) is 0 Å². The van der Waals surface area contributed by atoms with E-state index in [4.69, 9.17) is 9.84 Å². The average Bonchev–Trinajstić information content (AvgIpc) is 2.58. The van der Waals surface area contributed by atoms with Gasteiger partial charge in [0.15, 0.2) is 0 Å². The molecule has 0 unspecified atom stereocenters. The average molecular weight is 333 g/mol. The first-order chi connectivity index (χ1) is 11.6. The summed E-state index contributed by atoms with van der Waals surface area (Å²) in [6.07, 6.45) is 2.95. The number of anilines is 2. The largest absolute Gasteiger partial charge is 0.474 e. The third-order valence-corrected chi connectivity index (χ3v) is 3.64. The van der Waals surface area contributed by atoms with Gasteiger partial charge in [-0.3, -0.25) is 0 Å². The third kappa shape index (κ3) is 4.06. The maximum atomic E-state index is 12.8. The lowest BCUT2D eigenvalue weighted by molar-refractivity contribution is 0.0870. The lowest BCUT2D eigenvalue weighted by Crippen LogP contribution is -2.41. The summed E-state index contributed by atoms with van der Waals surface area (Å²) in [7, 11) is 0. The van der Waals surface area contributed by atoms with Crippen molar-refractivity contribution in [1.82, 2.24) is 19.9 Å². The minimum atomic E-state index is -0.908. The Labute approximate surface area is 137 Å². The first-order valence-electron chi connectivity index (χ1n) is 7.45. The standard InChI is InChI=1S/C15H16FN5O3/c16-12-2-1-10(8-17-12)20-13-7-14(19-9-18-13)24-11-3-5-21(6-4-11)15(22)23/h1-2,7-9,11H,3-6H2,(H,22,23)(H,18,19,20). The highest BCUT2D eigenvalue weighted by atomic mass is 19.1. The summed E-state index contributed by atoms with van der Waals surface area (Å²) in [6.45, 7) is 0.884. The molecule has 0 saturated carbocycles. The molecule has 3 rings (SSSR count). The summed E-state index contributed by atoms with van der Waals surface area (Å²) in [6, 6.07) is 4.43. The van der Waals surface area contributed by atoms with E-state index in [2.05, 4.69) is 20.3 Å². The Morgan fingerprint density at radius 2 is 2.08 bits per heavy atom. The summed E-state index contributed by atoms with van der Waals surface area (Å²) in [4.78, 5) is 24.0. The molecule has 0 radical (unpaired) electrons. The Morgan fingerprint density at radius 1 is 1.29 bits per heavy atom. The van der Waals surface area contributed by atoms with Crippen LogP contribution in [0.15, 0.2) is 30.7 Å². The van der Waals surface area contributed by atoms with E-state index in [1.54, 1.807) is 12.1 Å². The number of carbonyl (C=O) groups is 1. The Kier molecular flexibility index (Phi) is 4.69. The van der Waals surface area contributed by atoms with Crippen LogP contribution < -0.4 is 10.1 Å². The van der Waals surface area contributed by atoms with Crippen LogP contribution in [0.25, 0.3) is 0 Å². The van der Waals surface area contributed by atoms with E-state index in [1.807, 2.05) is 0 Å². The molecule has 8 nitrogen and oxygen atoms in total. The third-order valence-electron chi connectivity index (χ3n) is 3.64. The van der Waals surface area contributed by atoms with E-state index in [0.29, 0.717) is 43.3 Å². The van der Waals surface area contributed by atoms with Crippen LogP contribution in [0.3, 0.4) is 0 Å². The quantitative estimate of drug-likeness (QED) is 0.828. The van der Waals surface area contributed by atoms with Gasteiger partial charge in [0.1, 0.15) is 18.2 Å². The summed E-state index contributed by atoms with van der Waals surface area (Å²) >= 11 is 0. The van der Waals surface area contributed by atoms with Gasteiger partial charge in [-0.1, -0.05) is 0 Å². The molecule has 24 heavy (non-hydrogen) atoms. The van der Waals surface area contributed by atoms with Crippen molar-refractivity contribution >= 4 is 17.6 Å². The van der Waals surface area contributed by atoms with Gasteiger partial charge in [-0.2, -0.15) is 4.39 Å². The number of halogens is 1. The molecule has 0 spiro atoms. The molecule has 1 aliphatic heterocycles. The Hall–Kier alpha value is -2.97. The number of amides is 1. The highest BCUT2D eigenvalue weighted by Crippen LogP contribution is 2.20. The normalized spacial score (nSPS) is 15.1. The Bertz CT molecular complexity index is 705. The SMILES string of the molecule is O=C(O)N1CCC(Oc2cc(Nc3ccc(F)nc3)ncn2)CC1. The molecule has 9 heteroatoms. The highest BCUT2D eigenvalue weighted by Gasteiger charge is 2.23. The van der Waals surface area contributed by atoms with Crippen LogP contribution in [0.2, 0.25) is 0 Å². The number of hydrogen-bond acceptors (Lipinski definition) is 6. The minimum Gasteiger partial charge on any atom is -0.474 e. The minimum absolute atomic E-state index is 0.0872. The van der Waals surface area contributed by atoms with E-state index >= 15 is 0 Å². The predicted octanol–water partition coefficient (Wildman–Crippen LogP) is 2.28. The van der Waals surface area contributed by atoms with Gasteiger partial charge in [0.05, 0.1) is 11.9 Å². The monoisotopic (exact) mass is 333 g/mol. The molecule has 0 bridgehead atoms. The molecule has 3 heterocycles. The van der Waals surface area contributed by atoms with Crippen LogP contribution >= 0.6 is 0 Å². The van der Waals surface area contributed by atoms with Gasteiger partial charge in [-0.05, 0) is 12.1 Å². The molecule has 1 fully saturated rings. The van der Waals surface area contributed by atoms with E-state index in [-0.39, 0.29) is 6.10 Å². The fourth-order valence-electron chi connectivity index (χ4n) is 2.41. The van der Waals surface area contributed by atoms with E-state index in [9.17, 15) is 9.18 Å². The smallest absolute Gasteiger partial charge is 0.407 e. The first-order valence-corrected chi connectivity index (χ1v) is 7.45. The van der Waals surface area contributed by atoms with Crippen molar-refractivity contribution in [1.29, 1.82) is 0 Å². The second kappa shape index (κ2) is 7.07. The Balaban J connectivity index is 1.59. The first kappa shape index (κ1) is 15.9. The highest BCUT2D eigenvalue weighted by molar-refractivity contribution is 5.65. The van der Waals surface area contributed by atoms with Gasteiger partial charge in [0.25, 0.3) is 0 Å². The molecule has 0 aromatic carbocycles. The molecule has 2 N–H and O–H groups in total. The zero-order chi connectivity index (χ0) is 16.9. The number of piperidine rings is 1. The molecule has 2 aromatic heterocycles. The van der Waals surface area contributed by atoms with Crippen molar-refractivity contribution in [3.05, 3.63) is 36.7 Å². The number of nitrogens with one attached hydrogen (secondary N) is 1. The molecule has 1 aliphatic rings. The molecule has 0 aliphatic carbocycles. The van der Waals surface area contributed by atoms with Crippen LogP contribution in [0, 0.1) is 5.95 Å². The van der Waals surface area contributed by atoms with Crippen molar-refractivity contribution < 1.29 is 19.0 Å². The lowest BCUT2D eigenvalue weighted by Gasteiger charge is -2.29. The van der Waals surface area contributed by atoms with Crippen LogP contribution in [-0.2, 0) is 0 Å². The number of nitrogens with zero attached hydrogens (tertiary/aromatic N) is 4. The van der Waals surface area contributed by atoms with Crippen LogP contribution in [0.1, 0.15) is 12.8 Å². The number of carboxylic acid groups (broad SMARTS) is 1. The van der Waals surface area contributed by atoms with Crippen LogP contribution in [0.4, 0.5) is 20.7 Å². The van der Waals surface area contributed by atoms with Gasteiger partial charge < -0.3 is 20.1 Å². The van der Waals surface area contributed by atoms with Crippen molar-refractivity contribution in [3.8, 4) is 5.88 Å². The van der Waals surface area contributed by atoms with Crippen LogP contribution in [0.5, 0.6) is 5.88 Å². The van der Waals surface area contributed by atoms with E-state index < -0.39 is 12.0 Å². The molecule has 0 atom stereocenters. The van der Waals surface area contributed by atoms with Gasteiger partial charge in [0.2, 0.25) is 11.8 Å². The second-order valence-electron chi connectivity index (χ2n) is 5.32. The number of aromatic nitrogens is 3. The van der Waals surface area contributed by atoms with Gasteiger partial charge in [-0.25, -0.2) is 19.7 Å². The summed E-state index contributed by atoms with van der Waals surface area (Å²) < 4.78 is 18.6. The number of rotatable bonds is 4. The Morgan fingerprint density at radius 3 is 2.75 bits per heavy atom. The summed E-state index contributed by atoms with van der Waals surface area (Å²) in [5, 5.41) is 11.9. The van der Waals surface area contributed by atoms with Crippen molar-refractivity contribution in [3.63, 3.8) is 0 Å². The summed E-state index contributed by atoms with van der Waals surface area (Å²) in [5.74, 6) is 0.340. The van der Waals surface area contributed by atoms with Crippen LogP contribution in [-0.4, -0.2) is 50.2 Å². The maximum absolute atomic E-state index is 12.8. The van der Waals surface area contributed by atoms with Gasteiger partial charge >= 0.3 is 6.09 Å². The van der Waals surface area contributed by atoms with Gasteiger partial charge in [-0.15, -0.1) is 0 Å². The molecule has 1 saturated heterocycles. The lowest BCUT2D eigenvalue weighted by atomic mass is 10.1. The fourth-order valence-corrected chi connectivity index (χ4v) is 2.41. The van der Waals surface area contributed by atoms with Crippen molar-refractivity contribution in [2.75, 3.05) is 18.4 Å². The zero-order valence-electron chi connectivity index (χ0n) is 12.7. The topological polar surface area (TPSA) is 100 Å². The molecule has 2 aromatic rings. The molecule has 126 valence electrons. The van der Waals surface area contributed by atoms with E-state index in [1.165, 1.54) is 23.5 Å². The molecular formula is C15H16FN5O3. The number of likely N-dealkylation sites (tertiary alicyclic amines) is 1. The maximum Gasteiger partial charge on any atom is 0.407 e. The zero-order valence-corrected chi connectivity index (χ0v) is 12.7. The number of hydrogen-bond donors (Lipinski definition) is 2. The van der Waals surface area contributed by atoms with E-state index in [0.717, 1.165) is 0 Å². The number of pyridine rings is 1. The molecular weight excluding hydrogens is 317 g/mol. The number of ether oxygens (including phenoxy) is 1. The summed E-state index contributed by atoms with van der Waals surface area (Å²) in [5.41, 5.74) is 0.593. The predicted molar refractivity (Wildman–Crippen MR) is 82.8 cm³/mol. The van der Waals surface area contributed by atoms with Gasteiger partial charge in [0, 0.05) is 32.0 Å². The second-order valence-corrected chi connectivity index (χ2v) is 5.32.